The Morgan fingerprint density at radius 2 is 2.24 bits per heavy atom. The molecule has 3 N–H and O–H groups in total. The van der Waals surface area contributed by atoms with Crippen LogP contribution in [0, 0.1) is 6.92 Å². The fourth-order valence-electron chi connectivity index (χ4n) is 1.92. The largest absolute Gasteiger partial charge is 0.370 e. The Morgan fingerprint density at radius 1 is 1.43 bits per heavy atom. The van der Waals surface area contributed by atoms with E-state index in [1.54, 1.807) is 24.1 Å². The highest BCUT2D eigenvalue weighted by atomic mass is 16.2. The van der Waals surface area contributed by atoms with Crippen LogP contribution in [0.1, 0.15) is 18.1 Å². The number of aryl methyl sites for hydroxylation is 2. The highest BCUT2D eigenvalue weighted by Crippen LogP contribution is 2.11. The van der Waals surface area contributed by atoms with Crippen molar-refractivity contribution >= 4 is 17.7 Å². The number of pyridine rings is 1. The highest BCUT2D eigenvalue weighted by Gasteiger charge is 2.08. The lowest BCUT2D eigenvalue weighted by Crippen LogP contribution is -2.29. The number of amides is 2. The molecular weight excluding hydrogens is 268 g/mol. The van der Waals surface area contributed by atoms with Crippen molar-refractivity contribution < 1.29 is 4.79 Å². The first kappa shape index (κ1) is 14.8. The molecule has 2 amide bonds. The van der Waals surface area contributed by atoms with E-state index in [-0.39, 0.29) is 6.03 Å². The van der Waals surface area contributed by atoms with Gasteiger partial charge in [0.15, 0.2) is 0 Å². The van der Waals surface area contributed by atoms with Crippen molar-refractivity contribution in [2.45, 2.75) is 20.4 Å². The van der Waals surface area contributed by atoms with Crippen molar-refractivity contribution in [3.05, 3.63) is 35.7 Å². The Morgan fingerprint density at radius 3 is 2.90 bits per heavy atom. The van der Waals surface area contributed by atoms with Crippen molar-refractivity contribution in [1.82, 2.24) is 20.1 Å². The molecule has 7 nitrogen and oxygen atoms in total. The minimum absolute atomic E-state index is 0.261. The molecule has 0 fully saturated rings. The molecule has 112 valence electrons. The molecule has 0 bridgehead atoms. The first-order chi connectivity index (χ1) is 10.1. The number of rotatable bonds is 5. The Hall–Kier alpha value is -2.57. The van der Waals surface area contributed by atoms with Gasteiger partial charge in [0.2, 0.25) is 0 Å². The van der Waals surface area contributed by atoms with Gasteiger partial charge in [0.05, 0.1) is 6.20 Å². The highest BCUT2D eigenvalue weighted by molar-refractivity contribution is 5.88. The maximum atomic E-state index is 11.9. The van der Waals surface area contributed by atoms with Gasteiger partial charge in [-0.05, 0) is 31.5 Å². The number of aromatic nitrogens is 3. The van der Waals surface area contributed by atoms with Gasteiger partial charge < -0.3 is 10.6 Å². The Bertz CT molecular complexity index is 602. The summed E-state index contributed by atoms with van der Waals surface area (Å²) in [7, 11) is 1.79. The third-order valence-corrected chi connectivity index (χ3v) is 2.99. The van der Waals surface area contributed by atoms with Crippen LogP contribution in [0.25, 0.3) is 0 Å². The van der Waals surface area contributed by atoms with Gasteiger partial charge in [-0.1, -0.05) is 0 Å². The third kappa shape index (κ3) is 3.95. The fourth-order valence-corrected chi connectivity index (χ4v) is 1.92. The van der Waals surface area contributed by atoms with E-state index < -0.39 is 0 Å². The maximum absolute atomic E-state index is 11.9. The quantitative estimate of drug-likeness (QED) is 0.784. The number of carbonyl (C=O) groups is 1. The van der Waals surface area contributed by atoms with Crippen molar-refractivity contribution in [1.29, 1.82) is 0 Å². The van der Waals surface area contributed by atoms with Gasteiger partial charge in [0.25, 0.3) is 0 Å². The lowest BCUT2D eigenvalue weighted by atomic mass is 10.2. The van der Waals surface area contributed by atoms with E-state index in [0.717, 1.165) is 23.5 Å². The number of nitrogens with one attached hydrogen (secondary N) is 3. The van der Waals surface area contributed by atoms with Crippen molar-refractivity contribution in [3.8, 4) is 0 Å². The average molecular weight is 288 g/mol. The molecule has 7 heteroatoms. The molecule has 0 aromatic carbocycles. The third-order valence-electron chi connectivity index (χ3n) is 2.99. The van der Waals surface area contributed by atoms with Gasteiger partial charge in [-0.2, -0.15) is 5.10 Å². The summed E-state index contributed by atoms with van der Waals surface area (Å²) in [6.45, 7) is 5.15. The van der Waals surface area contributed by atoms with E-state index in [1.165, 1.54) is 0 Å². The van der Waals surface area contributed by atoms with Crippen LogP contribution in [0.2, 0.25) is 0 Å². The first-order valence-corrected chi connectivity index (χ1v) is 6.82. The van der Waals surface area contributed by atoms with Crippen molar-refractivity contribution in [2.75, 3.05) is 17.2 Å². The number of anilines is 2. The summed E-state index contributed by atoms with van der Waals surface area (Å²) in [5.41, 5.74) is 1.91. The molecule has 0 spiro atoms. The zero-order valence-electron chi connectivity index (χ0n) is 12.5. The average Bonchev–Trinajstić information content (AvgIpc) is 2.78. The molecular formula is C14H20N6O. The van der Waals surface area contributed by atoms with Crippen LogP contribution in [0.3, 0.4) is 0 Å². The molecule has 0 aliphatic heterocycles. The summed E-state index contributed by atoms with van der Waals surface area (Å²) < 4.78 is 1.63. The zero-order valence-corrected chi connectivity index (χ0v) is 12.5. The maximum Gasteiger partial charge on any atom is 0.320 e. The molecule has 0 aliphatic carbocycles. The smallest absolute Gasteiger partial charge is 0.320 e. The zero-order chi connectivity index (χ0) is 15.2. The molecule has 2 aromatic heterocycles. The second-order valence-electron chi connectivity index (χ2n) is 4.69. The van der Waals surface area contributed by atoms with Crippen LogP contribution in [0.4, 0.5) is 16.4 Å². The summed E-state index contributed by atoms with van der Waals surface area (Å²) in [4.78, 5) is 16.1. The second-order valence-corrected chi connectivity index (χ2v) is 4.69. The van der Waals surface area contributed by atoms with Gasteiger partial charge in [0, 0.05) is 31.9 Å². The van der Waals surface area contributed by atoms with E-state index >= 15 is 0 Å². The van der Waals surface area contributed by atoms with E-state index in [1.807, 2.05) is 26.0 Å². The second kappa shape index (κ2) is 6.74. The molecule has 0 radical (unpaired) electrons. The van der Waals surface area contributed by atoms with Crippen LogP contribution in [0.15, 0.2) is 24.5 Å². The minimum atomic E-state index is -0.261. The molecule has 0 saturated heterocycles. The summed E-state index contributed by atoms with van der Waals surface area (Å²) in [5, 5.41) is 12.8. The van der Waals surface area contributed by atoms with Gasteiger partial charge in [-0.3, -0.25) is 10.00 Å². The first-order valence-electron chi connectivity index (χ1n) is 6.82. The molecule has 0 unspecified atom stereocenters. The summed E-state index contributed by atoms with van der Waals surface area (Å²) in [6, 6.07) is 3.53. The molecule has 21 heavy (non-hydrogen) atoms. The van der Waals surface area contributed by atoms with Crippen LogP contribution in [-0.4, -0.2) is 27.3 Å². The van der Waals surface area contributed by atoms with Gasteiger partial charge in [-0.15, -0.1) is 0 Å². The van der Waals surface area contributed by atoms with Crippen molar-refractivity contribution in [2.24, 2.45) is 7.05 Å². The Labute approximate surface area is 123 Å². The summed E-state index contributed by atoms with van der Waals surface area (Å²) in [6.07, 6.45) is 3.43. The van der Waals surface area contributed by atoms with Gasteiger partial charge in [0.1, 0.15) is 11.6 Å². The predicted molar refractivity (Wildman–Crippen MR) is 82.2 cm³/mol. The Kier molecular flexibility index (Phi) is 4.76. The van der Waals surface area contributed by atoms with Crippen molar-refractivity contribution in [3.63, 3.8) is 0 Å². The van der Waals surface area contributed by atoms with E-state index in [2.05, 4.69) is 26.0 Å². The lowest BCUT2D eigenvalue weighted by molar-refractivity contribution is 0.251. The van der Waals surface area contributed by atoms with Crippen LogP contribution in [-0.2, 0) is 13.6 Å². The number of urea groups is 1. The van der Waals surface area contributed by atoms with Gasteiger partial charge in [-0.25, -0.2) is 9.78 Å². The van der Waals surface area contributed by atoms with E-state index in [9.17, 15) is 4.79 Å². The van der Waals surface area contributed by atoms with Crippen LogP contribution < -0.4 is 16.0 Å². The standard InChI is InChI=1S/C14H20N6O/c1-4-15-12-7-11(5-6-16-12)9-17-14(21)19-13-10(2)8-18-20(13)3/h5-8H,4,9H2,1-3H3,(H,15,16)(H2,17,19,21). The minimum Gasteiger partial charge on any atom is -0.370 e. The molecule has 2 aromatic rings. The molecule has 2 rings (SSSR count). The number of hydrogen-bond acceptors (Lipinski definition) is 4. The fraction of sp³-hybridized carbons (Fsp3) is 0.357. The molecule has 0 aliphatic rings. The van der Waals surface area contributed by atoms with Crippen LogP contribution >= 0.6 is 0 Å². The molecule has 0 saturated carbocycles. The number of hydrogen-bond donors (Lipinski definition) is 3. The van der Waals surface area contributed by atoms with Crippen LogP contribution in [0.5, 0.6) is 0 Å². The monoisotopic (exact) mass is 288 g/mol. The SMILES string of the molecule is CCNc1cc(CNC(=O)Nc2c(C)cnn2C)ccn1. The van der Waals surface area contributed by atoms with E-state index in [0.29, 0.717) is 12.4 Å². The molecule has 2 heterocycles. The topological polar surface area (TPSA) is 83.9 Å². The predicted octanol–water partition coefficient (Wildman–Crippen LogP) is 1.88. The summed E-state index contributed by atoms with van der Waals surface area (Å²) in [5.74, 6) is 1.50. The number of carbonyl (C=O) groups excluding carboxylic acids is 1. The van der Waals surface area contributed by atoms with E-state index in [4.69, 9.17) is 0 Å². The molecule has 0 atom stereocenters. The Balaban J connectivity index is 1.91. The normalized spacial score (nSPS) is 10.2. The summed E-state index contributed by atoms with van der Waals surface area (Å²) >= 11 is 0. The lowest BCUT2D eigenvalue weighted by Gasteiger charge is -2.09. The number of nitrogens with zero attached hydrogens (tertiary/aromatic N) is 3. The van der Waals surface area contributed by atoms with Gasteiger partial charge >= 0.3 is 6.03 Å².